The second-order valence-corrected chi connectivity index (χ2v) is 6.26. The minimum atomic E-state index is -0.604. The summed E-state index contributed by atoms with van der Waals surface area (Å²) in [5.74, 6) is -1.00. The molecule has 1 rings (SSSR count). The van der Waals surface area contributed by atoms with Crippen LogP contribution in [0.2, 0.25) is 0 Å². The standard InChI is InChI=1S/C17H24N2O5/c1-12-6-5-7-13(10-12)19-14(20)11-23-15(21)8-9-18-16(22)24-17(2,3)4/h5-7,10H,8-9,11H2,1-4H3,(H,18,22)(H,19,20). The number of alkyl carbamates (subject to hydrolysis) is 1. The van der Waals surface area contributed by atoms with Crippen molar-refractivity contribution in [3.8, 4) is 0 Å². The van der Waals surface area contributed by atoms with Crippen LogP contribution in [-0.2, 0) is 19.1 Å². The average Bonchev–Trinajstić information content (AvgIpc) is 2.43. The van der Waals surface area contributed by atoms with Crippen molar-refractivity contribution in [3.63, 3.8) is 0 Å². The van der Waals surface area contributed by atoms with E-state index in [0.29, 0.717) is 5.69 Å². The third kappa shape index (κ3) is 8.77. The van der Waals surface area contributed by atoms with Crippen molar-refractivity contribution < 1.29 is 23.9 Å². The summed E-state index contributed by atoms with van der Waals surface area (Å²) >= 11 is 0. The van der Waals surface area contributed by atoms with Gasteiger partial charge in [-0.15, -0.1) is 0 Å². The van der Waals surface area contributed by atoms with Gasteiger partial charge in [0.25, 0.3) is 5.91 Å². The Balaban J connectivity index is 2.21. The predicted molar refractivity (Wildman–Crippen MR) is 89.6 cm³/mol. The van der Waals surface area contributed by atoms with Gasteiger partial charge in [-0.25, -0.2) is 4.79 Å². The molecule has 132 valence electrons. The number of hydrogen-bond donors (Lipinski definition) is 2. The largest absolute Gasteiger partial charge is 0.456 e. The van der Waals surface area contributed by atoms with Crippen molar-refractivity contribution in [1.29, 1.82) is 0 Å². The minimum Gasteiger partial charge on any atom is -0.456 e. The Bertz CT molecular complexity index is 593. The molecule has 2 N–H and O–H groups in total. The first kappa shape index (κ1) is 19.5. The van der Waals surface area contributed by atoms with Gasteiger partial charge in [0.1, 0.15) is 5.60 Å². The van der Waals surface area contributed by atoms with Crippen LogP contribution in [0.4, 0.5) is 10.5 Å². The van der Waals surface area contributed by atoms with Crippen molar-refractivity contribution in [2.75, 3.05) is 18.5 Å². The Hall–Kier alpha value is -2.57. The van der Waals surface area contributed by atoms with Gasteiger partial charge in [0, 0.05) is 12.2 Å². The maximum absolute atomic E-state index is 11.7. The van der Waals surface area contributed by atoms with Crippen LogP contribution in [0.15, 0.2) is 24.3 Å². The molecular weight excluding hydrogens is 312 g/mol. The molecule has 7 nitrogen and oxygen atoms in total. The molecule has 0 spiro atoms. The maximum Gasteiger partial charge on any atom is 0.407 e. The van der Waals surface area contributed by atoms with Crippen LogP contribution < -0.4 is 10.6 Å². The molecule has 0 unspecified atom stereocenters. The second kappa shape index (κ2) is 8.90. The third-order valence-electron chi connectivity index (χ3n) is 2.66. The highest BCUT2D eigenvalue weighted by Gasteiger charge is 2.16. The number of benzene rings is 1. The lowest BCUT2D eigenvalue weighted by Crippen LogP contribution is -2.34. The molecule has 0 saturated carbocycles. The van der Waals surface area contributed by atoms with E-state index < -0.39 is 23.6 Å². The summed E-state index contributed by atoms with van der Waals surface area (Å²) in [6.07, 6.45) is -0.649. The Labute approximate surface area is 141 Å². The summed E-state index contributed by atoms with van der Waals surface area (Å²) in [6, 6.07) is 7.29. The molecule has 0 aliphatic rings. The van der Waals surface area contributed by atoms with Gasteiger partial charge in [0.2, 0.25) is 0 Å². The topological polar surface area (TPSA) is 93.7 Å². The fourth-order valence-electron chi connectivity index (χ4n) is 1.72. The SMILES string of the molecule is Cc1cccc(NC(=O)COC(=O)CCNC(=O)OC(C)(C)C)c1. The average molecular weight is 336 g/mol. The van der Waals surface area contributed by atoms with Crippen molar-refractivity contribution in [3.05, 3.63) is 29.8 Å². The zero-order valence-electron chi connectivity index (χ0n) is 14.5. The summed E-state index contributed by atoms with van der Waals surface area (Å²) in [5, 5.41) is 5.07. The Morgan fingerprint density at radius 2 is 1.88 bits per heavy atom. The van der Waals surface area contributed by atoms with Gasteiger partial charge in [-0.3, -0.25) is 9.59 Å². The molecule has 0 aliphatic heterocycles. The molecule has 0 saturated heterocycles. The van der Waals surface area contributed by atoms with Crippen LogP contribution in [-0.4, -0.2) is 36.7 Å². The highest BCUT2D eigenvalue weighted by molar-refractivity contribution is 5.92. The molecule has 0 radical (unpaired) electrons. The Morgan fingerprint density at radius 3 is 2.50 bits per heavy atom. The number of aryl methyl sites for hydroxylation is 1. The highest BCUT2D eigenvalue weighted by Crippen LogP contribution is 2.09. The van der Waals surface area contributed by atoms with E-state index in [0.717, 1.165) is 5.56 Å². The number of carbonyl (C=O) groups excluding carboxylic acids is 3. The van der Waals surface area contributed by atoms with Gasteiger partial charge in [0.15, 0.2) is 6.61 Å². The number of anilines is 1. The summed E-state index contributed by atoms with van der Waals surface area (Å²) < 4.78 is 9.87. The van der Waals surface area contributed by atoms with E-state index in [1.54, 1.807) is 26.8 Å². The second-order valence-electron chi connectivity index (χ2n) is 6.26. The van der Waals surface area contributed by atoms with Crippen LogP contribution in [0.3, 0.4) is 0 Å². The lowest BCUT2D eigenvalue weighted by Gasteiger charge is -2.19. The van der Waals surface area contributed by atoms with E-state index in [1.807, 2.05) is 25.1 Å². The van der Waals surface area contributed by atoms with E-state index in [9.17, 15) is 14.4 Å². The molecular formula is C17H24N2O5. The monoisotopic (exact) mass is 336 g/mol. The van der Waals surface area contributed by atoms with Gasteiger partial charge in [-0.2, -0.15) is 0 Å². The number of rotatable bonds is 6. The molecule has 0 bridgehead atoms. The number of hydrogen-bond acceptors (Lipinski definition) is 5. The third-order valence-corrected chi connectivity index (χ3v) is 2.66. The van der Waals surface area contributed by atoms with Gasteiger partial charge < -0.3 is 20.1 Å². The minimum absolute atomic E-state index is 0.0447. The normalized spacial score (nSPS) is 10.7. The predicted octanol–water partition coefficient (Wildman–Crippen LogP) is 2.39. The smallest absolute Gasteiger partial charge is 0.407 e. The molecule has 2 amide bonds. The van der Waals surface area contributed by atoms with Crippen LogP contribution >= 0.6 is 0 Å². The zero-order chi connectivity index (χ0) is 18.2. The van der Waals surface area contributed by atoms with E-state index >= 15 is 0 Å². The van der Waals surface area contributed by atoms with Crippen molar-refractivity contribution >= 4 is 23.7 Å². The van der Waals surface area contributed by atoms with Gasteiger partial charge in [0.05, 0.1) is 6.42 Å². The van der Waals surface area contributed by atoms with Crippen molar-refractivity contribution in [2.24, 2.45) is 0 Å². The van der Waals surface area contributed by atoms with Gasteiger partial charge >= 0.3 is 12.1 Å². The van der Waals surface area contributed by atoms with Crippen LogP contribution in [0.1, 0.15) is 32.8 Å². The first-order chi connectivity index (χ1) is 11.2. The summed E-state index contributed by atoms with van der Waals surface area (Å²) in [7, 11) is 0. The van der Waals surface area contributed by atoms with Gasteiger partial charge in [-0.05, 0) is 45.4 Å². The molecule has 1 aromatic rings. The summed E-state index contributed by atoms with van der Waals surface area (Å²) in [5.41, 5.74) is 1.05. The number of amides is 2. The molecule has 7 heteroatoms. The lowest BCUT2D eigenvalue weighted by atomic mass is 10.2. The molecule has 0 heterocycles. The van der Waals surface area contributed by atoms with Crippen LogP contribution in [0.5, 0.6) is 0 Å². The maximum atomic E-state index is 11.7. The molecule has 0 aromatic heterocycles. The van der Waals surface area contributed by atoms with Crippen molar-refractivity contribution in [2.45, 2.75) is 39.7 Å². The fraction of sp³-hybridized carbons (Fsp3) is 0.471. The Kier molecular flexibility index (Phi) is 7.23. The lowest BCUT2D eigenvalue weighted by molar-refractivity contribution is -0.147. The van der Waals surface area contributed by atoms with E-state index in [-0.39, 0.29) is 19.6 Å². The number of esters is 1. The molecule has 1 aromatic carbocycles. The quantitative estimate of drug-likeness (QED) is 0.778. The van der Waals surface area contributed by atoms with Crippen LogP contribution in [0.25, 0.3) is 0 Å². The van der Waals surface area contributed by atoms with Gasteiger partial charge in [-0.1, -0.05) is 12.1 Å². The number of ether oxygens (including phenoxy) is 2. The van der Waals surface area contributed by atoms with E-state index in [4.69, 9.17) is 9.47 Å². The number of nitrogens with one attached hydrogen (secondary N) is 2. The van der Waals surface area contributed by atoms with Crippen LogP contribution in [0, 0.1) is 6.92 Å². The molecule has 24 heavy (non-hydrogen) atoms. The number of carbonyl (C=O) groups is 3. The highest BCUT2D eigenvalue weighted by atomic mass is 16.6. The first-order valence-electron chi connectivity index (χ1n) is 7.65. The molecule has 0 aliphatic carbocycles. The zero-order valence-corrected chi connectivity index (χ0v) is 14.5. The molecule has 0 atom stereocenters. The summed E-state index contributed by atoms with van der Waals surface area (Å²) in [6.45, 7) is 6.84. The first-order valence-corrected chi connectivity index (χ1v) is 7.65. The summed E-state index contributed by atoms with van der Waals surface area (Å²) in [4.78, 5) is 34.6. The van der Waals surface area contributed by atoms with E-state index in [1.165, 1.54) is 0 Å². The van der Waals surface area contributed by atoms with E-state index in [2.05, 4.69) is 10.6 Å². The molecule has 0 fully saturated rings. The van der Waals surface area contributed by atoms with Crippen molar-refractivity contribution in [1.82, 2.24) is 5.32 Å². The Morgan fingerprint density at radius 1 is 1.17 bits per heavy atom. The fourth-order valence-corrected chi connectivity index (χ4v) is 1.72.